The second kappa shape index (κ2) is 6.69. The van der Waals surface area contributed by atoms with E-state index in [4.69, 9.17) is 4.74 Å². The molecule has 0 amide bonds. The molecule has 1 unspecified atom stereocenters. The predicted octanol–water partition coefficient (Wildman–Crippen LogP) is 0.846. The number of aliphatic hydroxyl groups is 1. The van der Waals surface area contributed by atoms with Crippen LogP contribution in [0.2, 0.25) is 0 Å². The third kappa shape index (κ3) is 4.92. The lowest BCUT2D eigenvalue weighted by molar-refractivity contribution is 0.0256. The van der Waals surface area contributed by atoms with Crippen molar-refractivity contribution >= 4 is 0 Å². The molecule has 0 bridgehead atoms. The Balaban J connectivity index is 2.41. The van der Waals surface area contributed by atoms with Crippen LogP contribution in [0.15, 0.2) is 0 Å². The third-order valence-corrected chi connectivity index (χ3v) is 3.43. The Bertz CT molecular complexity index is 215. The second-order valence-corrected chi connectivity index (χ2v) is 5.73. The lowest BCUT2D eigenvalue weighted by atomic mass is 9.99. The normalized spacial score (nSPS) is 22.9. The molecule has 0 aromatic rings. The molecule has 1 aliphatic heterocycles. The van der Waals surface area contributed by atoms with Crippen molar-refractivity contribution in [2.75, 3.05) is 33.4 Å². The highest BCUT2D eigenvalue weighted by Crippen LogP contribution is 2.16. The molecule has 0 radical (unpaired) electrons. The number of aliphatic hydroxyl groups excluding tert-OH is 1. The van der Waals surface area contributed by atoms with Crippen molar-refractivity contribution in [1.29, 1.82) is 0 Å². The quantitative estimate of drug-likeness (QED) is 0.727. The molecule has 4 heteroatoms. The molecule has 2 N–H and O–H groups in total. The van der Waals surface area contributed by atoms with Gasteiger partial charge in [0, 0.05) is 32.8 Å². The van der Waals surface area contributed by atoms with Crippen molar-refractivity contribution in [3.05, 3.63) is 0 Å². The van der Waals surface area contributed by atoms with Gasteiger partial charge in [0.1, 0.15) is 0 Å². The topological polar surface area (TPSA) is 44.7 Å². The van der Waals surface area contributed by atoms with Gasteiger partial charge in [-0.15, -0.1) is 0 Å². The Hall–Kier alpha value is -0.160. The van der Waals surface area contributed by atoms with E-state index in [9.17, 15) is 5.11 Å². The molecule has 1 heterocycles. The van der Waals surface area contributed by atoms with E-state index in [1.807, 2.05) is 0 Å². The summed E-state index contributed by atoms with van der Waals surface area (Å²) in [5.41, 5.74) is -0.200. The van der Waals surface area contributed by atoms with Gasteiger partial charge >= 0.3 is 0 Å². The first-order valence-corrected chi connectivity index (χ1v) is 6.63. The maximum atomic E-state index is 9.55. The van der Waals surface area contributed by atoms with Gasteiger partial charge in [-0.2, -0.15) is 0 Å². The summed E-state index contributed by atoms with van der Waals surface area (Å²) in [5.74, 6) is 0. The molecule has 1 aliphatic rings. The molecular formula is C13H28N2O2. The Labute approximate surface area is 105 Å². The first-order chi connectivity index (χ1) is 7.99. The van der Waals surface area contributed by atoms with Gasteiger partial charge in [-0.05, 0) is 19.8 Å². The van der Waals surface area contributed by atoms with E-state index in [1.165, 1.54) is 0 Å². The first kappa shape index (κ1) is 14.9. The largest absolute Gasteiger partial charge is 0.394 e. The van der Waals surface area contributed by atoms with Crippen LogP contribution in [0.3, 0.4) is 0 Å². The van der Waals surface area contributed by atoms with Gasteiger partial charge in [-0.1, -0.05) is 13.8 Å². The average Bonchev–Trinajstić information content (AvgIpc) is 2.29. The smallest absolute Gasteiger partial charge is 0.0623 e. The summed E-state index contributed by atoms with van der Waals surface area (Å²) < 4.78 is 5.37. The lowest BCUT2D eigenvalue weighted by Crippen LogP contribution is -2.57. The SMILES string of the molecule is COC1CCN(CC(C)(CO)NC(C)C)CC1. The van der Waals surface area contributed by atoms with E-state index >= 15 is 0 Å². The van der Waals surface area contributed by atoms with E-state index < -0.39 is 0 Å². The monoisotopic (exact) mass is 244 g/mol. The molecule has 102 valence electrons. The zero-order valence-corrected chi connectivity index (χ0v) is 11.7. The number of ether oxygens (including phenoxy) is 1. The molecule has 0 saturated carbocycles. The highest BCUT2D eigenvalue weighted by atomic mass is 16.5. The average molecular weight is 244 g/mol. The highest BCUT2D eigenvalue weighted by molar-refractivity contribution is 4.89. The zero-order valence-electron chi connectivity index (χ0n) is 11.7. The van der Waals surface area contributed by atoms with Crippen LogP contribution in [-0.4, -0.2) is 61.0 Å². The molecular weight excluding hydrogens is 216 g/mol. The number of hydrogen-bond donors (Lipinski definition) is 2. The maximum absolute atomic E-state index is 9.55. The van der Waals surface area contributed by atoms with Crippen molar-refractivity contribution in [1.82, 2.24) is 10.2 Å². The Morgan fingerprint density at radius 2 is 2.00 bits per heavy atom. The molecule has 0 aliphatic carbocycles. The second-order valence-electron chi connectivity index (χ2n) is 5.73. The number of nitrogens with one attached hydrogen (secondary N) is 1. The van der Waals surface area contributed by atoms with Crippen LogP contribution < -0.4 is 5.32 Å². The molecule has 4 nitrogen and oxygen atoms in total. The van der Waals surface area contributed by atoms with Gasteiger partial charge in [-0.25, -0.2) is 0 Å². The lowest BCUT2D eigenvalue weighted by Gasteiger charge is -2.39. The van der Waals surface area contributed by atoms with Gasteiger partial charge in [0.05, 0.1) is 18.2 Å². The van der Waals surface area contributed by atoms with Crippen molar-refractivity contribution in [2.45, 2.75) is 51.3 Å². The molecule has 17 heavy (non-hydrogen) atoms. The summed E-state index contributed by atoms with van der Waals surface area (Å²) >= 11 is 0. The van der Waals surface area contributed by atoms with E-state index in [-0.39, 0.29) is 12.1 Å². The Morgan fingerprint density at radius 3 is 2.41 bits per heavy atom. The molecule has 1 rings (SSSR count). The molecule has 0 spiro atoms. The van der Waals surface area contributed by atoms with Crippen LogP contribution in [0.4, 0.5) is 0 Å². The van der Waals surface area contributed by atoms with Crippen molar-refractivity contribution < 1.29 is 9.84 Å². The molecule has 1 fully saturated rings. The summed E-state index contributed by atoms with van der Waals surface area (Å²) in [5, 5.41) is 13.0. The van der Waals surface area contributed by atoms with Crippen LogP contribution in [0, 0.1) is 0 Å². The van der Waals surface area contributed by atoms with Crippen LogP contribution in [0.1, 0.15) is 33.6 Å². The van der Waals surface area contributed by atoms with Crippen molar-refractivity contribution in [2.24, 2.45) is 0 Å². The van der Waals surface area contributed by atoms with Gasteiger partial charge in [0.25, 0.3) is 0 Å². The Kier molecular flexibility index (Phi) is 5.86. The number of nitrogens with zero attached hydrogens (tertiary/aromatic N) is 1. The van der Waals surface area contributed by atoms with Crippen LogP contribution >= 0.6 is 0 Å². The number of rotatable bonds is 6. The van der Waals surface area contributed by atoms with Crippen LogP contribution in [-0.2, 0) is 4.74 Å². The summed E-state index contributed by atoms with van der Waals surface area (Å²) in [6.45, 7) is 9.53. The van der Waals surface area contributed by atoms with Gasteiger partial charge in [0.15, 0.2) is 0 Å². The maximum Gasteiger partial charge on any atom is 0.0623 e. The third-order valence-electron chi connectivity index (χ3n) is 3.43. The van der Waals surface area contributed by atoms with E-state index in [0.29, 0.717) is 12.1 Å². The predicted molar refractivity (Wildman–Crippen MR) is 70.2 cm³/mol. The van der Waals surface area contributed by atoms with Gasteiger partial charge < -0.3 is 20.1 Å². The minimum Gasteiger partial charge on any atom is -0.394 e. The van der Waals surface area contributed by atoms with Crippen LogP contribution in [0.25, 0.3) is 0 Å². The molecule has 0 aromatic carbocycles. The number of hydrogen-bond acceptors (Lipinski definition) is 4. The minimum absolute atomic E-state index is 0.176. The summed E-state index contributed by atoms with van der Waals surface area (Å²) in [4.78, 5) is 2.42. The van der Waals surface area contributed by atoms with Crippen LogP contribution in [0.5, 0.6) is 0 Å². The fraction of sp³-hybridized carbons (Fsp3) is 1.00. The van der Waals surface area contributed by atoms with Crippen molar-refractivity contribution in [3.8, 4) is 0 Å². The summed E-state index contributed by atoms with van der Waals surface area (Å²) in [6.07, 6.45) is 2.61. The van der Waals surface area contributed by atoms with Gasteiger partial charge in [0.2, 0.25) is 0 Å². The highest BCUT2D eigenvalue weighted by Gasteiger charge is 2.29. The molecule has 0 aromatic heterocycles. The Morgan fingerprint density at radius 1 is 1.41 bits per heavy atom. The molecule has 1 saturated heterocycles. The van der Waals surface area contributed by atoms with Gasteiger partial charge in [-0.3, -0.25) is 0 Å². The van der Waals surface area contributed by atoms with E-state index in [1.54, 1.807) is 7.11 Å². The zero-order chi connectivity index (χ0) is 12.9. The van der Waals surface area contributed by atoms with E-state index in [2.05, 4.69) is 31.0 Å². The summed E-state index contributed by atoms with van der Waals surface area (Å²) in [7, 11) is 1.79. The van der Waals surface area contributed by atoms with E-state index in [0.717, 1.165) is 32.5 Å². The fourth-order valence-electron chi connectivity index (χ4n) is 2.63. The van der Waals surface area contributed by atoms with Crippen molar-refractivity contribution in [3.63, 3.8) is 0 Å². The number of likely N-dealkylation sites (tertiary alicyclic amines) is 1. The number of piperidine rings is 1. The first-order valence-electron chi connectivity index (χ1n) is 6.63. The minimum atomic E-state index is -0.200. The number of methoxy groups -OCH3 is 1. The molecule has 1 atom stereocenters. The standard InChI is InChI=1S/C13H28N2O2/c1-11(2)14-13(3,10-16)9-15-7-5-12(17-4)6-8-15/h11-12,14,16H,5-10H2,1-4H3. The summed E-state index contributed by atoms with van der Waals surface area (Å²) in [6, 6.07) is 0.392. The fourth-order valence-corrected chi connectivity index (χ4v) is 2.63.